The van der Waals surface area contributed by atoms with Crippen molar-refractivity contribution < 1.29 is 14.3 Å². The summed E-state index contributed by atoms with van der Waals surface area (Å²) in [5.41, 5.74) is 3.72. The van der Waals surface area contributed by atoms with Gasteiger partial charge in [0.2, 0.25) is 0 Å². The fraction of sp³-hybridized carbons (Fsp3) is 0.118. The number of rotatable bonds is 6. The lowest BCUT2D eigenvalue weighted by Gasteiger charge is -2.14. The predicted octanol–water partition coefficient (Wildman–Crippen LogP) is 3.54. The lowest BCUT2D eigenvalue weighted by atomic mass is 10.2. The third kappa shape index (κ3) is 4.86. The first-order valence-electron chi connectivity index (χ1n) is 6.97. The van der Waals surface area contributed by atoms with Crippen LogP contribution in [0.25, 0.3) is 6.08 Å². The maximum absolute atomic E-state index is 11.2. The molecule has 2 aromatic carbocycles. The van der Waals surface area contributed by atoms with Crippen molar-refractivity contribution in [3.8, 4) is 11.5 Å². The van der Waals surface area contributed by atoms with E-state index in [4.69, 9.17) is 26.9 Å². The minimum Gasteiger partial charge on any atom is -0.493 e. The highest BCUT2D eigenvalue weighted by Gasteiger charge is 2.12. The average Bonchev–Trinajstić information content (AvgIpc) is 2.59. The van der Waals surface area contributed by atoms with Gasteiger partial charge in [-0.3, -0.25) is 10.2 Å². The van der Waals surface area contributed by atoms with Crippen LogP contribution in [0.1, 0.15) is 11.1 Å². The Morgan fingerprint density at radius 1 is 1.38 bits per heavy atom. The molecule has 0 spiro atoms. The van der Waals surface area contributed by atoms with Crippen LogP contribution in [-0.2, 0) is 11.4 Å². The zero-order chi connectivity index (χ0) is 17.5. The van der Waals surface area contributed by atoms with E-state index in [1.165, 1.54) is 6.08 Å². The van der Waals surface area contributed by atoms with Gasteiger partial charge in [-0.25, -0.2) is 5.84 Å². The Labute approximate surface area is 158 Å². The van der Waals surface area contributed by atoms with Gasteiger partial charge in [0, 0.05) is 16.7 Å². The zero-order valence-electron chi connectivity index (χ0n) is 12.9. The molecule has 24 heavy (non-hydrogen) atoms. The van der Waals surface area contributed by atoms with Crippen molar-refractivity contribution in [1.29, 1.82) is 0 Å². The second-order valence-corrected chi connectivity index (χ2v) is 6.33. The minimum absolute atomic E-state index is 0.330. The van der Waals surface area contributed by atoms with Gasteiger partial charge >= 0.3 is 0 Å². The van der Waals surface area contributed by atoms with E-state index >= 15 is 0 Å². The third-order valence-corrected chi connectivity index (χ3v) is 4.32. The summed E-state index contributed by atoms with van der Waals surface area (Å²) < 4.78 is 12.1. The van der Waals surface area contributed by atoms with Gasteiger partial charge in [0.15, 0.2) is 11.5 Å². The van der Waals surface area contributed by atoms with Crippen molar-refractivity contribution in [3.63, 3.8) is 0 Å². The van der Waals surface area contributed by atoms with E-state index in [1.54, 1.807) is 19.3 Å². The molecular formula is C17H16ClIN2O3. The lowest BCUT2D eigenvalue weighted by Crippen LogP contribution is -2.27. The quantitative estimate of drug-likeness (QED) is 0.228. The number of carbonyl (C=O) groups excluding carboxylic acids is 1. The SMILES string of the molecule is COc1cc(/C=C/C(=O)NN)cc(I)c1OCc1ccccc1Cl. The number of hydrogen-bond acceptors (Lipinski definition) is 4. The number of nitrogens with one attached hydrogen (secondary N) is 1. The van der Waals surface area contributed by atoms with Crippen molar-refractivity contribution in [2.45, 2.75) is 6.61 Å². The normalized spacial score (nSPS) is 10.7. The Morgan fingerprint density at radius 3 is 2.79 bits per heavy atom. The molecule has 3 N–H and O–H groups in total. The lowest BCUT2D eigenvalue weighted by molar-refractivity contribution is -0.116. The maximum atomic E-state index is 11.2. The molecule has 0 atom stereocenters. The molecule has 0 saturated heterocycles. The summed E-state index contributed by atoms with van der Waals surface area (Å²) in [5, 5.41) is 0.652. The number of ether oxygens (including phenoxy) is 2. The fourth-order valence-electron chi connectivity index (χ4n) is 1.96. The molecule has 5 nitrogen and oxygen atoms in total. The van der Waals surface area contributed by atoms with Crippen LogP contribution >= 0.6 is 34.2 Å². The van der Waals surface area contributed by atoms with Gasteiger partial charge in [-0.1, -0.05) is 29.8 Å². The van der Waals surface area contributed by atoms with Crippen molar-refractivity contribution in [1.82, 2.24) is 5.43 Å². The first-order chi connectivity index (χ1) is 11.5. The summed E-state index contributed by atoms with van der Waals surface area (Å²) >= 11 is 8.30. The van der Waals surface area contributed by atoms with Gasteiger partial charge in [0.25, 0.3) is 5.91 Å². The molecule has 0 bridgehead atoms. The summed E-state index contributed by atoms with van der Waals surface area (Å²) in [4.78, 5) is 11.2. The molecule has 0 saturated carbocycles. The van der Waals surface area contributed by atoms with Crippen LogP contribution in [0.15, 0.2) is 42.5 Å². The molecule has 126 valence electrons. The summed E-state index contributed by atoms with van der Waals surface area (Å²) in [6, 6.07) is 11.2. The van der Waals surface area contributed by atoms with E-state index in [9.17, 15) is 4.79 Å². The molecule has 0 heterocycles. The number of methoxy groups -OCH3 is 1. The van der Waals surface area contributed by atoms with Crippen LogP contribution < -0.4 is 20.7 Å². The highest BCUT2D eigenvalue weighted by Crippen LogP contribution is 2.35. The molecule has 0 aliphatic carbocycles. The number of carbonyl (C=O) groups is 1. The van der Waals surface area contributed by atoms with Crippen molar-refractivity contribution >= 4 is 46.2 Å². The van der Waals surface area contributed by atoms with Gasteiger partial charge in [0.1, 0.15) is 6.61 Å². The molecule has 2 aromatic rings. The summed E-state index contributed by atoms with van der Waals surface area (Å²) in [6.07, 6.45) is 2.99. The predicted molar refractivity (Wildman–Crippen MR) is 103 cm³/mol. The molecule has 1 amide bonds. The first kappa shape index (κ1) is 18.6. The minimum atomic E-state index is -0.386. The first-order valence-corrected chi connectivity index (χ1v) is 8.43. The number of hydrazine groups is 1. The van der Waals surface area contributed by atoms with Gasteiger partial charge in [0.05, 0.1) is 10.7 Å². The molecular weight excluding hydrogens is 443 g/mol. The average molecular weight is 459 g/mol. The number of amides is 1. The summed E-state index contributed by atoms with van der Waals surface area (Å²) in [7, 11) is 1.56. The van der Waals surface area contributed by atoms with Gasteiger partial charge in [-0.05, 0) is 52.4 Å². The Morgan fingerprint density at radius 2 is 2.12 bits per heavy atom. The number of nitrogens with two attached hydrogens (primary N) is 1. The van der Waals surface area contributed by atoms with Crippen molar-refractivity contribution in [3.05, 3.63) is 62.2 Å². The molecule has 7 heteroatoms. The number of halogens is 2. The Balaban J connectivity index is 2.22. The second kappa shape index (κ2) is 8.91. The van der Waals surface area contributed by atoms with E-state index in [2.05, 4.69) is 22.6 Å². The van der Waals surface area contributed by atoms with Crippen LogP contribution in [0.5, 0.6) is 11.5 Å². The van der Waals surface area contributed by atoms with Gasteiger partial charge in [-0.15, -0.1) is 0 Å². The number of benzene rings is 2. The Hall–Kier alpha value is -1.77. The molecule has 0 radical (unpaired) electrons. The van der Waals surface area contributed by atoms with Gasteiger partial charge in [-0.2, -0.15) is 0 Å². The van der Waals surface area contributed by atoms with Crippen molar-refractivity contribution in [2.24, 2.45) is 5.84 Å². The third-order valence-electron chi connectivity index (χ3n) is 3.15. The van der Waals surface area contributed by atoms with E-state index < -0.39 is 0 Å². The van der Waals surface area contributed by atoms with E-state index in [-0.39, 0.29) is 5.91 Å². The van der Waals surface area contributed by atoms with E-state index in [0.717, 1.165) is 14.7 Å². The molecule has 0 aliphatic heterocycles. The standard InChI is InChI=1S/C17H16ClIN2O3/c1-23-15-9-11(6-7-16(22)21-20)8-14(19)17(15)24-10-12-4-2-3-5-13(12)18/h2-9H,10,20H2,1H3,(H,21,22)/b7-6+. The fourth-order valence-corrected chi connectivity index (χ4v) is 2.93. The molecule has 2 rings (SSSR count). The van der Waals surface area contributed by atoms with Crippen LogP contribution in [0.4, 0.5) is 0 Å². The van der Waals surface area contributed by atoms with Crippen LogP contribution in [-0.4, -0.2) is 13.0 Å². The highest BCUT2D eigenvalue weighted by atomic mass is 127. The molecule has 0 fully saturated rings. The van der Waals surface area contributed by atoms with Crippen LogP contribution in [0, 0.1) is 3.57 Å². The largest absolute Gasteiger partial charge is 0.493 e. The maximum Gasteiger partial charge on any atom is 0.257 e. The molecule has 0 aromatic heterocycles. The smallest absolute Gasteiger partial charge is 0.257 e. The highest BCUT2D eigenvalue weighted by molar-refractivity contribution is 14.1. The Kier molecular flexibility index (Phi) is 6.89. The van der Waals surface area contributed by atoms with Crippen molar-refractivity contribution in [2.75, 3.05) is 7.11 Å². The second-order valence-electron chi connectivity index (χ2n) is 4.76. The van der Waals surface area contributed by atoms with Crippen LogP contribution in [0.3, 0.4) is 0 Å². The van der Waals surface area contributed by atoms with Crippen LogP contribution in [0.2, 0.25) is 5.02 Å². The number of hydrogen-bond donors (Lipinski definition) is 2. The van der Waals surface area contributed by atoms with E-state index in [1.807, 2.05) is 35.8 Å². The summed E-state index contributed by atoms with van der Waals surface area (Å²) in [6.45, 7) is 0.330. The topological polar surface area (TPSA) is 73.6 Å². The molecule has 0 aliphatic rings. The van der Waals surface area contributed by atoms with Gasteiger partial charge < -0.3 is 9.47 Å². The monoisotopic (exact) mass is 458 g/mol. The Bertz CT molecular complexity index is 765. The summed E-state index contributed by atoms with van der Waals surface area (Å²) in [5.74, 6) is 5.85. The van der Waals surface area contributed by atoms with E-state index in [0.29, 0.717) is 23.1 Å². The molecule has 0 unspecified atom stereocenters. The zero-order valence-corrected chi connectivity index (χ0v) is 15.8.